The summed E-state index contributed by atoms with van der Waals surface area (Å²) in [5, 5.41) is 2.94. The van der Waals surface area contributed by atoms with Crippen molar-refractivity contribution >= 4 is 33.6 Å². The van der Waals surface area contributed by atoms with Gasteiger partial charge in [-0.1, -0.05) is 12.1 Å². The molecule has 2 fully saturated rings. The standard InChI is InChI=1S/C21H24BrN3O4/c1-28-16-5-3-2-4-15(16)23-20(27)24-11-8-21(9-12-24)10-13-25(14-21)19(26)17-6-7-18(22)29-17/h2-7H,8-14H2,1H3,(H,23,27). The molecule has 0 bridgehead atoms. The van der Waals surface area contributed by atoms with Gasteiger partial charge in [0.25, 0.3) is 5.91 Å². The van der Waals surface area contributed by atoms with Gasteiger partial charge < -0.3 is 24.3 Å². The first kappa shape index (κ1) is 19.8. The van der Waals surface area contributed by atoms with E-state index in [0.29, 0.717) is 41.5 Å². The summed E-state index contributed by atoms with van der Waals surface area (Å²) in [4.78, 5) is 29.0. The number of carbonyl (C=O) groups excluding carboxylic acids is 2. The second-order valence-corrected chi connectivity index (χ2v) is 8.48. The minimum absolute atomic E-state index is 0.0658. The molecule has 1 aromatic carbocycles. The highest BCUT2D eigenvalue weighted by Crippen LogP contribution is 2.41. The molecule has 2 aromatic rings. The van der Waals surface area contributed by atoms with E-state index >= 15 is 0 Å². The molecule has 1 spiro atoms. The SMILES string of the molecule is COc1ccccc1NC(=O)N1CCC2(CC1)CCN(C(=O)c1ccc(Br)o1)C2. The smallest absolute Gasteiger partial charge is 0.321 e. The number of ether oxygens (including phenoxy) is 1. The molecule has 8 heteroatoms. The molecule has 0 radical (unpaired) electrons. The molecule has 0 aliphatic carbocycles. The molecular weight excluding hydrogens is 438 g/mol. The summed E-state index contributed by atoms with van der Waals surface area (Å²) in [6, 6.07) is 10.7. The summed E-state index contributed by atoms with van der Waals surface area (Å²) >= 11 is 3.24. The molecule has 2 aliphatic heterocycles. The third-order valence-corrected chi connectivity index (χ3v) is 6.40. The third-order valence-electron chi connectivity index (χ3n) is 5.97. The number of piperidine rings is 1. The van der Waals surface area contributed by atoms with E-state index in [1.165, 1.54) is 0 Å². The Balaban J connectivity index is 1.33. The number of anilines is 1. The average Bonchev–Trinajstić information content (AvgIpc) is 3.35. The monoisotopic (exact) mass is 461 g/mol. The van der Waals surface area contributed by atoms with Crippen LogP contribution < -0.4 is 10.1 Å². The van der Waals surface area contributed by atoms with Gasteiger partial charge in [-0.3, -0.25) is 4.79 Å². The molecule has 0 saturated carbocycles. The van der Waals surface area contributed by atoms with Gasteiger partial charge in [-0.25, -0.2) is 4.79 Å². The van der Waals surface area contributed by atoms with Crippen molar-refractivity contribution in [3.8, 4) is 5.75 Å². The Kier molecular flexibility index (Phi) is 5.54. The number of methoxy groups -OCH3 is 1. The molecule has 1 N–H and O–H groups in total. The predicted octanol–water partition coefficient (Wildman–Crippen LogP) is 4.21. The summed E-state index contributed by atoms with van der Waals surface area (Å²) in [5.74, 6) is 0.940. The second-order valence-electron chi connectivity index (χ2n) is 7.70. The van der Waals surface area contributed by atoms with Crippen molar-refractivity contribution in [3.63, 3.8) is 0 Å². The van der Waals surface area contributed by atoms with E-state index < -0.39 is 0 Å². The molecule has 7 nitrogen and oxygen atoms in total. The Labute approximate surface area is 178 Å². The van der Waals surface area contributed by atoms with Gasteiger partial charge in [0.05, 0.1) is 12.8 Å². The van der Waals surface area contributed by atoms with Gasteiger partial charge in [-0.2, -0.15) is 0 Å². The van der Waals surface area contributed by atoms with Crippen molar-refractivity contribution in [2.75, 3.05) is 38.6 Å². The Bertz CT molecular complexity index is 905. The van der Waals surface area contributed by atoms with Crippen LogP contribution in [0.3, 0.4) is 0 Å². The summed E-state index contributed by atoms with van der Waals surface area (Å²) in [6.07, 6.45) is 2.73. The number of benzene rings is 1. The zero-order valence-corrected chi connectivity index (χ0v) is 17.9. The van der Waals surface area contributed by atoms with E-state index in [2.05, 4.69) is 21.2 Å². The summed E-state index contributed by atoms with van der Waals surface area (Å²) < 4.78 is 11.3. The first-order chi connectivity index (χ1) is 14.0. The van der Waals surface area contributed by atoms with Crippen LogP contribution in [0, 0.1) is 5.41 Å². The first-order valence-corrected chi connectivity index (χ1v) is 10.5. The number of nitrogens with zero attached hydrogens (tertiary/aromatic N) is 2. The number of halogens is 1. The molecule has 1 aromatic heterocycles. The minimum atomic E-state index is -0.115. The number of hydrogen-bond donors (Lipinski definition) is 1. The van der Waals surface area contributed by atoms with Crippen molar-refractivity contribution < 1.29 is 18.7 Å². The molecule has 2 saturated heterocycles. The number of rotatable bonds is 3. The molecule has 0 unspecified atom stereocenters. The number of urea groups is 1. The highest BCUT2D eigenvalue weighted by atomic mass is 79.9. The van der Waals surface area contributed by atoms with E-state index in [0.717, 1.165) is 25.8 Å². The summed E-state index contributed by atoms with van der Waals surface area (Å²) in [5.41, 5.74) is 0.753. The Morgan fingerprint density at radius 2 is 1.76 bits per heavy atom. The zero-order chi connectivity index (χ0) is 20.4. The second kappa shape index (κ2) is 8.10. The molecule has 3 heterocycles. The molecule has 2 aliphatic rings. The molecule has 0 atom stereocenters. The van der Waals surface area contributed by atoms with Crippen LogP contribution in [0.15, 0.2) is 45.5 Å². The van der Waals surface area contributed by atoms with Crippen LogP contribution in [0.1, 0.15) is 29.8 Å². The highest BCUT2D eigenvalue weighted by molar-refractivity contribution is 9.10. The van der Waals surface area contributed by atoms with Gasteiger partial charge in [0.15, 0.2) is 10.4 Å². The van der Waals surface area contributed by atoms with E-state index in [1.807, 2.05) is 34.1 Å². The lowest BCUT2D eigenvalue weighted by Gasteiger charge is -2.39. The van der Waals surface area contributed by atoms with Gasteiger partial charge in [0, 0.05) is 26.2 Å². The van der Waals surface area contributed by atoms with Crippen molar-refractivity contribution in [3.05, 3.63) is 46.8 Å². The predicted molar refractivity (Wildman–Crippen MR) is 112 cm³/mol. The van der Waals surface area contributed by atoms with Crippen LogP contribution in [-0.2, 0) is 0 Å². The van der Waals surface area contributed by atoms with E-state index in [9.17, 15) is 9.59 Å². The Morgan fingerprint density at radius 3 is 2.41 bits per heavy atom. The largest absolute Gasteiger partial charge is 0.495 e. The van der Waals surface area contributed by atoms with E-state index in [-0.39, 0.29) is 17.4 Å². The lowest BCUT2D eigenvalue weighted by atomic mass is 9.78. The highest BCUT2D eigenvalue weighted by Gasteiger charge is 2.43. The molecular formula is C21H24BrN3O4. The number of amides is 3. The average molecular weight is 462 g/mol. The Hall–Kier alpha value is -2.48. The quantitative estimate of drug-likeness (QED) is 0.742. The van der Waals surface area contributed by atoms with Crippen LogP contribution in [-0.4, -0.2) is 55.0 Å². The third kappa shape index (κ3) is 4.12. The lowest BCUT2D eigenvalue weighted by molar-refractivity contribution is 0.0708. The number of carbonyl (C=O) groups is 2. The lowest BCUT2D eigenvalue weighted by Crippen LogP contribution is -2.46. The van der Waals surface area contributed by atoms with Crippen LogP contribution >= 0.6 is 15.9 Å². The molecule has 3 amide bonds. The number of nitrogens with one attached hydrogen (secondary N) is 1. The normalized spacial score (nSPS) is 18.1. The van der Waals surface area contributed by atoms with Crippen molar-refractivity contribution in [1.82, 2.24) is 9.80 Å². The first-order valence-electron chi connectivity index (χ1n) is 9.73. The van der Waals surface area contributed by atoms with Crippen LogP contribution in [0.4, 0.5) is 10.5 Å². The fourth-order valence-electron chi connectivity index (χ4n) is 4.23. The number of para-hydroxylation sites is 2. The zero-order valence-electron chi connectivity index (χ0n) is 16.3. The maximum Gasteiger partial charge on any atom is 0.321 e. The van der Waals surface area contributed by atoms with Crippen molar-refractivity contribution in [2.45, 2.75) is 19.3 Å². The van der Waals surface area contributed by atoms with Crippen molar-refractivity contribution in [1.29, 1.82) is 0 Å². The molecule has 154 valence electrons. The van der Waals surface area contributed by atoms with E-state index in [1.54, 1.807) is 19.2 Å². The molecule has 29 heavy (non-hydrogen) atoms. The number of hydrogen-bond acceptors (Lipinski definition) is 4. The van der Waals surface area contributed by atoms with Crippen LogP contribution in [0.2, 0.25) is 0 Å². The number of furan rings is 1. The fraction of sp³-hybridized carbons (Fsp3) is 0.429. The van der Waals surface area contributed by atoms with Crippen LogP contribution in [0.5, 0.6) is 5.75 Å². The number of likely N-dealkylation sites (tertiary alicyclic amines) is 2. The Morgan fingerprint density at radius 1 is 1.07 bits per heavy atom. The fourth-order valence-corrected chi connectivity index (χ4v) is 4.53. The van der Waals surface area contributed by atoms with Gasteiger partial charge >= 0.3 is 6.03 Å². The maximum atomic E-state index is 12.7. The summed E-state index contributed by atoms with van der Waals surface area (Å²) in [7, 11) is 1.59. The molecule has 4 rings (SSSR count). The van der Waals surface area contributed by atoms with Gasteiger partial charge in [0.1, 0.15) is 5.75 Å². The minimum Gasteiger partial charge on any atom is -0.495 e. The van der Waals surface area contributed by atoms with Crippen molar-refractivity contribution in [2.24, 2.45) is 5.41 Å². The van der Waals surface area contributed by atoms with Gasteiger partial charge in [-0.05, 0) is 64.9 Å². The van der Waals surface area contributed by atoms with Crippen LogP contribution in [0.25, 0.3) is 0 Å². The van der Waals surface area contributed by atoms with E-state index in [4.69, 9.17) is 9.15 Å². The topological polar surface area (TPSA) is 75.0 Å². The van der Waals surface area contributed by atoms with Gasteiger partial charge in [-0.15, -0.1) is 0 Å². The van der Waals surface area contributed by atoms with Gasteiger partial charge in [0.2, 0.25) is 0 Å². The summed E-state index contributed by atoms with van der Waals surface area (Å²) in [6.45, 7) is 2.79. The maximum absolute atomic E-state index is 12.7.